The molecule has 3 rings (SSSR count). The lowest BCUT2D eigenvalue weighted by atomic mass is 10.1. The van der Waals surface area contributed by atoms with Crippen LogP contribution in [0.3, 0.4) is 0 Å². The fourth-order valence-electron chi connectivity index (χ4n) is 4.28. The Morgan fingerprint density at radius 1 is 0.929 bits per heavy atom. The van der Waals surface area contributed by atoms with Gasteiger partial charge in [0.1, 0.15) is 12.6 Å². The van der Waals surface area contributed by atoms with Gasteiger partial charge in [-0.15, -0.1) is 0 Å². The minimum absolute atomic E-state index is 0.0998. The summed E-state index contributed by atoms with van der Waals surface area (Å²) in [5.41, 5.74) is 0.689. The molecule has 42 heavy (non-hydrogen) atoms. The van der Waals surface area contributed by atoms with Gasteiger partial charge in [0.25, 0.3) is 10.0 Å². The molecule has 0 saturated carbocycles. The minimum Gasteiger partial charge on any atom is -0.493 e. The number of nitrogens with zero attached hydrogens (tertiary/aromatic N) is 2. The fraction of sp³-hybridized carbons (Fsp3) is 0.355. The molecule has 3 aromatic rings. The summed E-state index contributed by atoms with van der Waals surface area (Å²) >= 11 is 6.09. The van der Waals surface area contributed by atoms with Gasteiger partial charge in [0.05, 0.1) is 24.8 Å². The second kappa shape index (κ2) is 13.9. The van der Waals surface area contributed by atoms with Gasteiger partial charge >= 0.3 is 0 Å². The van der Waals surface area contributed by atoms with Crippen molar-refractivity contribution in [1.82, 2.24) is 10.2 Å². The van der Waals surface area contributed by atoms with Crippen LogP contribution in [0.4, 0.5) is 5.69 Å². The van der Waals surface area contributed by atoms with Crippen LogP contribution in [0, 0.1) is 0 Å². The number of carbonyl (C=O) groups excluding carboxylic acids is 2. The Bertz CT molecular complexity index is 1470. The summed E-state index contributed by atoms with van der Waals surface area (Å²) in [4.78, 5) is 28.5. The highest BCUT2D eigenvalue weighted by molar-refractivity contribution is 7.92. The van der Waals surface area contributed by atoms with E-state index in [1.54, 1.807) is 19.1 Å². The van der Waals surface area contributed by atoms with Crippen molar-refractivity contribution >= 4 is 39.1 Å². The zero-order valence-electron chi connectivity index (χ0n) is 24.8. The molecule has 2 amide bonds. The van der Waals surface area contributed by atoms with Gasteiger partial charge in [0.2, 0.25) is 11.8 Å². The van der Waals surface area contributed by atoms with E-state index in [0.29, 0.717) is 17.2 Å². The summed E-state index contributed by atoms with van der Waals surface area (Å²) in [6.07, 6.45) is 0.475. The van der Waals surface area contributed by atoms with Crippen molar-refractivity contribution in [1.29, 1.82) is 0 Å². The lowest BCUT2D eigenvalue weighted by Gasteiger charge is -2.33. The Morgan fingerprint density at radius 3 is 2.12 bits per heavy atom. The summed E-state index contributed by atoms with van der Waals surface area (Å²) < 4.78 is 39.7. The van der Waals surface area contributed by atoms with E-state index in [2.05, 4.69) is 5.32 Å². The molecule has 1 N–H and O–H groups in total. The summed E-state index contributed by atoms with van der Waals surface area (Å²) in [7, 11) is -1.43. The average Bonchev–Trinajstić information content (AvgIpc) is 2.95. The summed E-state index contributed by atoms with van der Waals surface area (Å²) in [5.74, 6) is -0.305. The zero-order valence-corrected chi connectivity index (χ0v) is 26.3. The highest BCUT2D eigenvalue weighted by atomic mass is 35.5. The van der Waals surface area contributed by atoms with E-state index in [1.165, 1.54) is 49.5 Å². The van der Waals surface area contributed by atoms with Crippen LogP contribution in [0.15, 0.2) is 77.7 Å². The number of nitrogens with one attached hydrogen (secondary N) is 1. The Labute approximate surface area is 253 Å². The van der Waals surface area contributed by atoms with E-state index < -0.39 is 34.1 Å². The third-order valence-corrected chi connectivity index (χ3v) is 8.51. The molecule has 0 aliphatic rings. The van der Waals surface area contributed by atoms with E-state index in [4.69, 9.17) is 21.1 Å². The number of ether oxygens (including phenoxy) is 2. The number of benzene rings is 3. The largest absolute Gasteiger partial charge is 0.493 e. The molecule has 0 spiro atoms. The van der Waals surface area contributed by atoms with Crippen molar-refractivity contribution in [3.05, 3.63) is 83.4 Å². The van der Waals surface area contributed by atoms with Gasteiger partial charge in [-0.25, -0.2) is 8.42 Å². The molecule has 11 heteroatoms. The second-order valence-corrected chi connectivity index (χ2v) is 13.0. The van der Waals surface area contributed by atoms with Crippen molar-refractivity contribution < 1.29 is 27.5 Å². The van der Waals surface area contributed by atoms with Crippen LogP contribution >= 0.6 is 11.6 Å². The van der Waals surface area contributed by atoms with Crippen LogP contribution in [-0.4, -0.2) is 64.0 Å². The number of hydrogen-bond acceptors (Lipinski definition) is 6. The molecule has 3 aromatic carbocycles. The second-order valence-electron chi connectivity index (χ2n) is 10.7. The van der Waals surface area contributed by atoms with Crippen LogP contribution in [0.2, 0.25) is 5.02 Å². The molecule has 1 atom stereocenters. The van der Waals surface area contributed by atoms with E-state index in [-0.39, 0.29) is 28.8 Å². The van der Waals surface area contributed by atoms with Gasteiger partial charge in [0, 0.05) is 23.2 Å². The maximum absolute atomic E-state index is 14.1. The first-order chi connectivity index (χ1) is 19.8. The highest BCUT2D eigenvalue weighted by Crippen LogP contribution is 2.32. The highest BCUT2D eigenvalue weighted by Gasteiger charge is 2.33. The Kier molecular flexibility index (Phi) is 10.9. The molecule has 0 fully saturated rings. The van der Waals surface area contributed by atoms with Crippen molar-refractivity contribution in [2.24, 2.45) is 0 Å². The number of rotatable bonds is 12. The monoisotopic (exact) mass is 615 g/mol. The number of carbonyl (C=O) groups is 2. The maximum Gasteiger partial charge on any atom is 0.264 e. The van der Waals surface area contributed by atoms with E-state index in [0.717, 1.165) is 9.87 Å². The average molecular weight is 616 g/mol. The molecule has 0 aliphatic carbocycles. The molecular weight excluding hydrogens is 578 g/mol. The number of methoxy groups -OCH3 is 2. The number of anilines is 1. The Balaban J connectivity index is 2.03. The molecule has 0 aliphatic heterocycles. The SMILES string of the molecule is COc1ccc(S(=O)(=O)N(CC(=O)N(CCc2ccccc2)[C@@H](C)C(=O)NC(C)(C)C)c2ccc(Cl)cc2)cc1OC. The van der Waals surface area contributed by atoms with Gasteiger partial charge in [-0.2, -0.15) is 0 Å². The van der Waals surface area contributed by atoms with Gasteiger partial charge < -0.3 is 19.7 Å². The molecule has 0 radical (unpaired) electrons. The van der Waals surface area contributed by atoms with Crippen LogP contribution in [-0.2, 0) is 26.0 Å². The molecule has 0 unspecified atom stereocenters. The predicted octanol–water partition coefficient (Wildman–Crippen LogP) is 4.93. The van der Waals surface area contributed by atoms with Gasteiger partial charge in [0.15, 0.2) is 11.5 Å². The predicted molar refractivity (Wildman–Crippen MR) is 165 cm³/mol. The van der Waals surface area contributed by atoms with Gasteiger partial charge in [-0.1, -0.05) is 41.9 Å². The first kappa shape index (κ1) is 32.8. The molecule has 0 aromatic heterocycles. The number of amides is 2. The lowest BCUT2D eigenvalue weighted by Crippen LogP contribution is -2.55. The fourth-order valence-corrected chi connectivity index (χ4v) is 5.84. The van der Waals surface area contributed by atoms with Crippen LogP contribution in [0.25, 0.3) is 0 Å². The number of halogens is 1. The van der Waals surface area contributed by atoms with Crippen molar-refractivity contribution in [2.75, 3.05) is 31.6 Å². The first-order valence-corrected chi connectivity index (χ1v) is 15.2. The van der Waals surface area contributed by atoms with Gasteiger partial charge in [-0.3, -0.25) is 13.9 Å². The molecule has 0 heterocycles. The van der Waals surface area contributed by atoms with Gasteiger partial charge in [-0.05, 0) is 76.1 Å². The molecule has 226 valence electrons. The molecule has 0 saturated heterocycles. The summed E-state index contributed by atoms with van der Waals surface area (Å²) in [6.45, 7) is 6.84. The van der Waals surface area contributed by atoms with E-state index in [9.17, 15) is 18.0 Å². The zero-order chi connectivity index (χ0) is 31.1. The van der Waals surface area contributed by atoms with E-state index >= 15 is 0 Å². The molecular formula is C31H38ClN3O6S. The quantitative estimate of drug-likeness (QED) is 0.310. The first-order valence-electron chi connectivity index (χ1n) is 13.4. The topological polar surface area (TPSA) is 105 Å². The van der Waals surface area contributed by atoms with Crippen LogP contribution in [0.1, 0.15) is 33.3 Å². The number of sulfonamides is 1. The van der Waals surface area contributed by atoms with Crippen LogP contribution in [0.5, 0.6) is 11.5 Å². The third kappa shape index (κ3) is 8.39. The smallest absolute Gasteiger partial charge is 0.264 e. The number of hydrogen-bond donors (Lipinski definition) is 1. The van der Waals surface area contributed by atoms with Crippen molar-refractivity contribution in [3.8, 4) is 11.5 Å². The third-order valence-electron chi connectivity index (χ3n) is 6.49. The van der Waals surface area contributed by atoms with Crippen molar-refractivity contribution in [2.45, 2.75) is 50.6 Å². The normalized spacial score (nSPS) is 12.3. The standard InChI is InChI=1S/C31H38ClN3O6S/c1-22(30(37)33-31(2,3)4)34(19-18-23-10-8-7-9-11-23)29(36)21-35(25-14-12-24(32)13-15-25)42(38,39)26-16-17-27(40-5)28(20-26)41-6/h7-17,20,22H,18-19,21H2,1-6H3,(H,33,37)/t22-/m0/s1. The Hall–Kier alpha value is -3.76. The molecule has 9 nitrogen and oxygen atoms in total. The maximum atomic E-state index is 14.1. The lowest BCUT2D eigenvalue weighted by molar-refractivity contribution is -0.139. The molecule has 0 bridgehead atoms. The minimum atomic E-state index is -4.29. The van der Waals surface area contributed by atoms with E-state index in [1.807, 2.05) is 51.1 Å². The Morgan fingerprint density at radius 2 is 1.55 bits per heavy atom. The van der Waals surface area contributed by atoms with Crippen molar-refractivity contribution in [3.63, 3.8) is 0 Å². The van der Waals surface area contributed by atoms with Crippen LogP contribution < -0.4 is 19.1 Å². The summed E-state index contributed by atoms with van der Waals surface area (Å²) in [6, 6.07) is 19.1. The summed E-state index contributed by atoms with van der Waals surface area (Å²) in [5, 5.41) is 3.33.